The lowest BCUT2D eigenvalue weighted by atomic mass is 10.0. The van der Waals surface area contributed by atoms with Gasteiger partial charge >= 0.3 is 12.2 Å². The molecule has 4 fully saturated rings. The molecular formula is C40H52F2N6O8. The summed E-state index contributed by atoms with van der Waals surface area (Å²) in [6, 6.07) is 6.51. The van der Waals surface area contributed by atoms with E-state index in [1.807, 2.05) is 41.5 Å². The van der Waals surface area contributed by atoms with Gasteiger partial charge in [0.25, 0.3) is 11.4 Å². The van der Waals surface area contributed by atoms with Gasteiger partial charge in [-0.1, -0.05) is 12.1 Å². The summed E-state index contributed by atoms with van der Waals surface area (Å²) in [5.74, 6) is -0.748. The van der Waals surface area contributed by atoms with E-state index >= 15 is 0 Å². The third-order valence-electron chi connectivity index (χ3n) is 9.87. The predicted octanol–water partition coefficient (Wildman–Crippen LogP) is 6.76. The monoisotopic (exact) mass is 782 g/mol. The molecule has 4 heterocycles. The number of carbonyl (C=O) groups is 2. The summed E-state index contributed by atoms with van der Waals surface area (Å²) >= 11 is 0. The summed E-state index contributed by atoms with van der Waals surface area (Å²) in [7, 11) is 2.82. The van der Waals surface area contributed by atoms with Gasteiger partial charge in [-0.25, -0.2) is 28.1 Å². The Labute approximate surface area is 327 Å². The predicted molar refractivity (Wildman–Crippen MR) is 202 cm³/mol. The number of benzene rings is 2. The van der Waals surface area contributed by atoms with Gasteiger partial charge in [-0.15, -0.1) is 0 Å². The summed E-state index contributed by atoms with van der Waals surface area (Å²) < 4.78 is 62.4. The lowest BCUT2D eigenvalue weighted by molar-refractivity contribution is -0.0917. The van der Waals surface area contributed by atoms with Crippen molar-refractivity contribution in [1.29, 1.82) is 0 Å². The molecule has 0 unspecified atom stereocenters. The minimum Gasteiger partial charge on any atom is -0.508 e. The van der Waals surface area contributed by atoms with E-state index in [-0.39, 0.29) is 47.1 Å². The van der Waals surface area contributed by atoms with E-state index in [9.17, 15) is 18.4 Å². The highest BCUT2D eigenvalue weighted by atomic mass is 19.1. The van der Waals surface area contributed by atoms with Crippen LogP contribution in [0.15, 0.2) is 24.3 Å². The fraction of sp³-hybridized carbons (Fsp3) is 0.600. The number of hydrogen-bond acceptors (Lipinski definition) is 10. The van der Waals surface area contributed by atoms with Crippen molar-refractivity contribution in [3.8, 4) is 11.5 Å². The van der Waals surface area contributed by atoms with Crippen LogP contribution >= 0.6 is 0 Å². The Hall–Kier alpha value is -4.74. The van der Waals surface area contributed by atoms with Gasteiger partial charge in [0.2, 0.25) is 0 Å². The molecule has 0 aliphatic carbocycles. The minimum absolute atomic E-state index is 0.0409. The summed E-state index contributed by atoms with van der Waals surface area (Å²) in [5, 5.41) is 0. The SMILES string of the molecule is [C-]#[N+]c1c(OC)ccc([C@@H]2CN3CCN(C(=O)OC(C)(C)C)C[C@H]3CO2)c1F.[C-]#[N+]c1c(OC)ccc([C@H]2CN3CCN(C(=O)OC(C)(C)C)C[C@H]3CO2)c1F. The van der Waals surface area contributed by atoms with Crippen molar-refractivity contribution in [2.24, 2.45) is 0 Å². The molecule has 0 bridgehead atoms. The Balaban J connectivity index is 0.000000214. The number of halogens is 2. The summed E-state index contributed by atoms with van der Waals surface area (Å²) in [4.78, 5) is 38.9. The molecule has 4 aliphatic rings. The third kappa shape index (κ3) is 9.97. The Morgan fingerprint density at radius 1 is 0.661 bits per heavy atom. The molecule has 0 radical (unpaired) electrons. The van der Waals surface area contributed by atoms with E-state index in [1.165, 1.54) is 14.2 Å². The van der Waals surface area contributed by atoms with Crippen LogP contribution in [0.1, 0.15) is 64.9 Å². The van der Waals surface area contributed by atoms with Gasteiger partial charge in [-0.2, -0.15) is 0 Å². The second-order valence-corrected chi connectivity index (χ2v) is 16.1. The lowest BCUT2D eigenvalue weighted by Gasteiger charge is -2.46. The maximum atomic E-state index is 14.8. The van der Waals surface area contributed by atoms with Crippen molar-refractivity contribution >= 4 is 23.6 Å². The molecule has 0 aromatic heterocycles. The van der Waals surface area contributed by atoms with E-state index < -0.39 is 35.0 Å². The van der Waals surface area contributed by atoms with E-state index in [0.717, 1.165) is 0 Å². The van der Waals surface area contributed by atoms with Crippen LogP contribution in [0.2, 0.25) is 0 Å². The molecule has 4 aliphatic heterocycles. The fourth-order valence-electron chi connectivity index (χ4n) is 7.09. The molecule has 2 amide bonds. The van der Waals surface area contributed by atoms with Crippen LogP contribution in [0.25, 0.3) is 9.69 Å². The molecule has 16 heteroatoms. The van der Waals surface area contributed by atoms with Crippen molar-refractivity contribution in [1.82, 2.24) is 19.6 Å². The zero-order chi connectivity index (χ0) is 40.9. The molecule has 56 heavy (non-hydrogen) atoms. The lowest BCUT2D eigenvalue weighted by Crippen LogP contribution is -2.60. The number of fused-ring (bicyclic) bond motifs is 2. The van der Waals surface area contributed by atoms with Gasteiger partial charge in [0, 0.05) is 63.5 Å². The first kappa shape index (κ1) is 42.4. The van der Waals surface area contributed by atoms with Crippen molar-refractivity contribution in [3.05, 3.63) is 69.9 Å². The maximum Gasteiger partial charge on any atom is 0.410 e. The number of ether oxygens (including phenoxy) is 6. The zero-order valence-corrected chi connectivity index (χ0v) is 33.4. The number of piperazine rings is 2. The summed E-state index contributed by atoms with van der Waals surface area (Å²) in [6.45, 7) is 30.7. The topological polar surface area (TPSA) is 111 Å². The first-order valence-electron chi connectivity index (χ1n) is 18.6. The maximum absolute atomic E-state index is 14.8. The van der Waals surface area contributed by atoms with Gasteiger partial charge in [0.1, 0.15) is 34.3 Å². The normalized spacial score (nSPS) is 22.9. The third-order valence-corrected chi connectivity index (χ3v) is 9.87. The van der Waals surface area contributed by atoms with E-state index in [4.69, 9.17) is 41.6 Å². The van der Waals surface area contributed by atoms with Crippen LogP contribution in [-0.2, 0) is 18.9 Å². The molecule has 0 N–H and O–H groups in total. The number of morpholine rings is 2. The summed E-state index contributed by atoms with van der Waals surface area (Å²) in [5.41, 5.74) is -0.593. The molecule has 0 saturated carbocycles. The quantitative estimate of drug-likeness (QED) is 0.309. The van der Waals surface area contributed by atoms with Crippen LogP contribution in [-0.4, -0.2) is 135 Å². The smallest absolute Gasteiger partial charge is 0.410 e. The average molecular weight is 783 g/mol. The Morgan fingerprint density at radius 3 is 1.36 bits per heavy atom. The van der Waals surface area contributed by atoms with Crippen LogP contribution in [0.4, 0.5) is 29.7 Å². The molecule has 2 aromatic rings. The second kappa shape index (κ2) is 17.6. The Kier molecular flexibility index (Phi) is 13.3. The minimum atomic E-state index is -0.592. The highest BCUT2D eigenvalue weighted by Gasteiger charge is 2.39. The van der Waals surface area contributed by atoms with Gasteiger partial charge in [-0.05, 0) is 53.7 Å². The second-order valence-electron chi connectivity index (χ2n) is 16.1. The molecule has 4 atom stereocenters. The molecule has 2 aromatic carbocycles. The number of nitrogens with zero attached hydrogens (tertiary/aromatic N) is 6. The van der Waals surface area contributed by atoms with Gasteiger partial charge in [0.15, 0.2) is 0 Å². The number of rotatable bonds is 4. The number of amides is 2. The number of carbonyl (C=O) groups excluding carboxylic acids is 2. The average Bonchev–Trinajstić information content (AvgIpc) is 3.15. The Morgan fingerprint density at radius 2 is 1.04 bits per heavy atom. The van der Waals surface area contributed by atoms with Crippen LogP contribution < -0.4 is 9.47 Å². The molecular weight excluding hydrogens is 730 g/mol. The zero-order valence-electron chi connectivity index (χ0n) is 33.4. The van der Waals surface area contributed by atoms with Crippen LogP contribution in [0.5, 0.6) is 11.5 Å². The van der Waals surface area contributed by atoms with Crippen LogP contribution in [0, 0.1) is 24.8 Å². The standard InChI is InChI=1S/2C20H26FN3O4/c2*1-20(2,3)28-19(25)24-9-8-23-11-16(27-12-13(23)10-24)14-6-7-15(26-5)18(22-4)17(14)21/h2*6-7,13,16H,8-12H2,1-3,5H3/t13-,16+;13-,16-/m00/s1. The number of hydrogen-bond donors (Lipinski definition) is 0. The fourth-order valence-corrected chi connectivity index (χ4v) is 7.09. The highest BCUT2D eigenvalue weighted by Crippen LogP contribution is 2.39. The van der Waals surface area contributed by atoms with Crippen molar-refractivity contribution in [2.75, 3.05) is 79.8 Å². The van der Waals surface area contributed by atoms with Gasteiger partial charge in [0.05, 0.1) is 64.9 Å². The van der Waals surface area contributed by atoms with E-state index in [0.29, 0.717) is 76.7 Å². The number of methoxy groups -OCH3 is 2. The largest absolute Gasteiger partial charge is 0.508 e. The van der Waals surface area contributed by atoms with Crippen molar-refractivity contribution in [2.45, 2.75) is 77.0 Å². The van der Waals surface area contributed by atoms with Gasteiger partial charge in [-0.3, -0.25) is 9.80 Å². The first-order chi connectivity index (χ1) is 26.5. The van der Waals surface area contributed by atoms with Crippen molar-refractivity contribution < 1.29 is 46.8 Å². The Bertz CT molecular complexity index is 1710. The molecule has 6 rings (SSSR count). The first-order valence-corrected chi connectivity index (χ1v) is 18.6. The van der Waals surface area contributed by atoms with Crippen molar-refractivity contribution in [3.63, 3.8) is 0 Å². The van der Waals surface area contributed by atoms with Gasteiger partial charge < -0.3 is 38.2 Å². The molecule has 0 spiro atoms. The molecule has 4 saturated heterocycles. The molecule has 14 nitrogen and oxygen atoms in total. The van der Waals surface area contributed by atoms with E-state index in [2.05, 4.69) is 19.5 Å². The molecule has 304 valence electrons. The van der Waals surface area contributed by atoms with Crippen LogP contribution in [0.3, 0.4) is 0 Å². The van der Waals surface area contributed by atoms with E-state index in [1.54, 1.807) is 34.1 Å². The highest BCUT2D eigenvalue weighted by molar-refractivity contribution is 5.69. The summed E-state index contributed by atoms with van der Waals surface area (Å²) in [6.07, 6.45) is -1.57.